The molecule has 0 aliphatic carbocycles. The van der Waals surface area contributed by atoms with Crippen molar-refractivity contribution < 1.29 is 17.5 Å². The van der Waals surface area contributed by atoms with E-state index in [0.717, 1.165) is 6.08 Å². The Labute approximate surface area is 65.1 Å². The highest BCUT2D eigenvalue weighted by Crippen LogP contribution is 1.87. The van der Waals surface area contributed by atoms with Crippen molar-refractivity contribution in [1.82, 2.24) is 5.48 Å². The quantitative estimate of drug-likeness (QED) is 0.469. The van der Waals surface area contributed by atoms with Crippen LogP contribution in [0.5, 0.6) is 0 Å². The summed E-state index contributed by atoms with van der Waals surface area (Å²) in [4.78, 5) is 10.4. The normalized spacial score (nSPS) is 10.6. The van der Waals surface area contributed by atoms with E-state index in [1.54, 1.807) is 5.48 Å². The van der Waals surface area contributed by atoms with Gasteiger partial charge in [0.15, 0.2) is 0 Å². The number of hydroxylamine groups is 1. The molecule has 0 radical (unpaired) electrons. The van der Waals surface area contributed by atoms with Crippen molar-refractivity contribution in [1.29, 1.82) is 0 Å². The Bertz CT molecular complexity index is 243. The Hall–Kier alpha value is -0.880. The summed E-state index contributed by atoms with van der Waals surface area (Å²) in [5, 5.41) is 0. The van der Waals surface area contributed by atoms with Gasteiger partial charge in [0.25, 0.3) is 16.0 Å². The Morgan fingerprint density at radius 2 is 2.27 bits per heavy atom. The smallest absolute Gasteiger partial charge is 0.268 e. The highest BCUT2D eigenvalue weighted by Gasteiger charge is 2.07. The van der Waals surface area contributed by atoms with Gasteiger partial charge in [0.1, 0.15) is 0 Å². The van der Waals surface area contributed by atoms with Crippen molar-refractivity contribution >= 4 is 16.0 Å². The first kappa shape index (κ1) is 10.1. The standard InChI is InChI=1S/C5H9NO4S/c1-3-5(7)6-10-11(8,9)4-2/h3H,1,4H2,2H3,(H,6,7). The predicted octanol–water partition coefficient (Wildman–Crippen LogP) is -0.430. The molecule has 0 aromatic heterocycles. The van der Waals surface area contributed by atoms with Crippen molar-refractivity contribution in [2.75, 3.05) is 5.75 Å². The lowest BCUT2D eigenvalue weighted by Crippen LogP contribution is -2.26. The number of carbonyl (C=O) groups is 1. The summed E-state index contributed by atoms with van der Waals surface area (Å²) in [6.07, 6.45) is 0.908. The number of rotatable bonds is 4. The van der Waals surface area contributed by atoms with Gasteiger partial charge < -0.3 is 0 Å². The molecule has 0 unspecified atom stereocenters. The Kier molecular flexibility index (Phi) is 3.77. The maximum Gasteiger partial charge on any atom is 0.287 e. The van der Waals surface area contributed by atoms with Gasteiger partial charge in [-0.25, -0.2) is 5.48 Å². The number of hydrogen-bond acceptors (Lipinski definition) is 4. The molecular formula is C5H9NO4S. The third-order valence-corrected chi connectivity index (χ3v) is 1.85. The fourth-order valence-electron chi connectivity index (χ4n) is 0.205. The molecule has 0 atom stereocenters. The third kappa shape index (κ3) is 4.51. The second-order valence-corrected chi connectivity index (χ2v) is 3.46. The fraction of sp³-hybridized carbons (Fsp3) is 0.400. The molecule has 64 valence electrons. The first-order chi connectivity index (χ1) is 5.02. The van der Waals surface area contributed by atoms with Crippen molar-refractivity contribution in [3.05, 3.63) is 12.7 Å². The van der Waals surface area contributed by atoms with Gasteiger partial charge >= 0.3 is 0 Å². The SMILES string of the molecule is C=CC(=O)NOS(=O)(=O)CC. The van der Waals surface area contributed by atoms with Gasteiger partial charge in [0, 0.05) is 0 Å². The van der Waals surface area contributed by atoms with Gasteiger partial charge in [-0.05, 0) is 13.0 Å². The minimum atomic E-state index is -3.60. The number of amides is 1. The fourth-order valence-corrected chi connectivity index (χ4v) is 0.532. The zero-order valence-electron chi connectivity index (χ0n) is 6.03. The number of carbonyl (C=O) groups excluding carboxylic acids is 1. The molecule has 1 N–H and O–H groups in total. The Morgan fingerprint density at radius 3 is 2.64 bits per heavy atom. The van der Waals surface area contributed by atoms with E-state index in [1.807, 2.05) is 0 Å². The molecule has 5 nitrogen and oxygen atoms in total. The molecule has 0 aromatic carbocycles. The van der Waals surface area contributed by atoms with Gasteiger partial charge in [0.2, 0.25) is 0 Å². The lowest BCUT2D eigenvalue weighted by molar-refractivity contribution is -0.122. The molecule has 0 fully saturated rings. The Balaban J connectivity index is 3.90. The molecule has 0 saturated heterocycles. The van der Waals surface area contributed by atoms with Crippen LogP contribution in [0.3, 0.4) is 0 Å². The molecule has 0 rings (SSSR count). The molecule has 0 bridgehead atoms. The maximum atomic E-state index is 10.5. The molecule has 0 saturated carbocycles. The zero-order chi connectivity index (χ0) is 8.91. The van der Waals surface area contributed by atoms with Crippen LogP contribution in [0.1, 0.15) is 6.92 Å². The molecule has 6 heteroatoms. The average molecular weight is 179 g/mol. The molecule has 0 heterocycles. The van der Waals surface area contributed by atoms with E-state index < -0.39 is 16.0 Å². The molecule has 11 heavy (non-hydrogen) atoms. The van der Waals surface area contributed by atoms with Gasteiger partial charge in [0.05, 0.1) is 5.75 Å². The van der Waals surface area contributed by atoms with Crippen LogP contribution in [0.2, 0.25) is 0 Å². The van der Waals surface area contributed by atoms with Crippen molar-refractivity contribution in [2.45, 2.75) is 6.92 Å². The van der Waals surface area contributed by atoms with Crippen LogP contribution in [0.25, 0.3) is 0 Å². The second kappa shape index (κ2) is 4.09. The minimum absolute atomic E-state index is 0.190. The van der Waals surface area contributed by atoms with E-state index in [0.29, 0.717) is 0 Å². The third-order valence-electron chi connectivity index (χ3n) is 0.808. The van der Waals surface area contributed by atoms with Crippen molar-refractivity contribution in [3.8, 4) is 0 Å². The van der Waals surface area contributed by atoms with Crippen LogP contribution in [0, 0.1) is 0 Å². The summed E-state index contributed by atoms with van der Waals surface area (Å²) in [5.41, 5.74) is 1.68. The van der Waals surface area contributed by atoms with Crippen LogP contribution in [-0.2, 0) is 19.2 Å². The summed E-state index contributed by atoms with van der Waals surface area (Å²) < 4.78 is 25.1. The second-order valence-electron chi connectivity index (χ2n) is 1.60. The number of nitrogens with one attached hydrogen (secondary N) is 1. The molecule has 0 spiro atoms. The minimum Gasteiger partial charge on any atom is -0.268 e. The van der Waals surface area contributed by atoms with E-state index in [4.69, 9.17) is 0 Å². The lowest BCUT2D eigenvalue weighted by Gasteiger charge is -2.00. The average Bonchev–Trinajstić information content (AvgIpc) is 2.00. The largest absolute Gasteiger partial charge is 0.287 e. The van der Waals surface area contributed by atoms with Crippen LogP contribution in [0.4, 0.5) is 0 Å². The van der Waals surface area contributed by atoms with Crippen LogP contribution in [0.15, 0.2) is 12.7 Å². The van der Waals surface area contributed by atoms with Gasteiger partial charge in [-0.1, -0.05) is 6.58 Å². The summed E-state index contributed by atoms with van der Waals surface area (Å²) in [6.45, 7) is 4.50. The lowest BCUT2D eigenvalue weighted by atomic mass is 10.6. The highest BCUT2D eigenvalue weighted by atomic mass is 32.2. The van der Waals surface area contributed by atoms with Crippen LogP contribution < -0.4 is 5.48 Å². The summed E-state index contributed by atoms with van der Waals surface area (Å²) >= 11 is 0. The van der Waals surface area contributed by atoms with Crippen LogP contribution >= 0.6 is 0 Å². The topological polar surface area (TPSA) is 72.5 Å². The van der Waals surface area contributed by atoms with E-state index in [1.165, 1.54) is 6.92 Å². The molecular weight excluding hydrogens is 170 g/mol. The molecule has 1 amide bonds. The first-order valence-electron chi connectivity index (χ1n) is 2.85. The summed E-state index contributed by atoms with van der Waals surface area (Å²) in [7, 11) is -3.60. The van der Waals surface area contributed by atoms with E-state index >= 15 is 0 Å². The van der Waals surface area contributed by atoms with Crippen LogP contribution in [-0.4, -0.2) is 20.1 Å². The first-order valence-corrected chi connectivity index (χ1v) is 4.43. The monoisotopic (exact) mass is 179 g/mol. The zero-order valence-corrected chi connectivity index (χ0v) is 6.85. The molecule has 0 aromatic rings. The highest BCUT2D eigenvalue weighted by molar-refractivity contribution is 7.86. The molecule has 0 aliphatic heterocycles. The maximum absolute atomic E-state index is 10.5. The van der Waals surface area contributed by atoms with Gasteiger partial charge in [-0.2, -0.15) is 8.42 Å². The summed E-state index contributed by atoms with van der Waals surface area (Å²) in [6, 6.07) is 0. The van der Waals surface area contributed by atoms with Crippen molar-refractivity contribution in [2.24, 2.45) is 0 Å². The number of hydrogen-bond donors (Lipinski definition) is 1. The molecule has 0 aliphatic rings. The van der Waals surface area contributed by atoms with Crippen molar-refractivity contribution in [3.63, 3.8) is 0 Å². The Morgan fingerprint density at radius 1 is 1.73 bits per heavy atom. The van der Waals surface area contributed by atoms with E-state index in [2.05, 4.69) is 10.9 Å². The summed E-state index contributed by atoms with van der Waals surface area (Å²) in [5.74, 6) is -0.883. The van der Waals surface area contributed by atoms with E-state index in [-0.39, 0.29) is 5.75 Å². The van der Waals surface area contributed by atoms with Gasteiger partial charge in [-0.15, -0.1) is 4.28 Å². The van der Waals surface area contributed by atoms with Gasteiger partial charge in [-0.3, -0.25) is 4.79 Å². The predicted molar refractivity (Wildman–Crippen MR) is 38.9 cm³/mol. The van der Waals surface area contributed by atoms with E-state index in [9.17, 15) is 13.2 Å².